The van der Waals surface area contributed by atoms with E-state index in [0.717, 1.165) is 0 Å². The predicted molar refractivity (Wildman–Crippen MR) is 83.8 cm³/mol. The number of halogens is 1. The van der Waals surface area contributed by atoms with Crippen molar-refractivity contribution in [2.24, 2.45) is 0 Å². The second kappa shape index (κ2) is 6.43. The van der Waals surface area contributed by atoms with Crippen molar-refractivity contribution < 1.29 is 18.5 Å². The molecular formula is C17H18FN3O3. The average Bonchev–Trinajstić information content (AvgIpc) is 3.05. The maximum absolute atomic E-state index is 13.1. The molecule has 0 bridgehead atoms. The second-order valence-corrected chi connectivity index (χ2v) is 6.01. The summed E-state index contributed by atoms with van der Waals surface area (Å²) in [5.41, 5.74) is 1.23. The summed E-state index contributed by atoms with van der Waals surface area (Å²) in [6.45, 7) is 4.58. The average molecular weight is 331 g/mol. The summed E-state index contributed by atoms with van der Waals surface area (Å²) in [5, 5.41) is 6.62. The van der Waals surface area contributed by atoms with Gasteiger partial charge in [0, 0.05) is 19.2 Å². The van der Waals surface area contributed by atoms with E-state index in [-0.39, 0.29) is 17.6 Å². The standard InChI is InChI=1S/C17H18FN3O3/c1-10(2)13-9-14(24-20-13)17(23)21-8-7-19-16(22)15(21)11-3-5-12(18)6-4-11/h3-6,9-10,15H,7-8H2,1-2H3,(H,19,22)/t15-/m0/s1. The zero-order valence-corrected chi connectivity index (χ0v) is 13.5. The lowest BCUT2D eigenvalue weighted by molar-refractivity contribution is -0.128. The van der Waals surface area contributed by atoms with Crippen LogP contribution in [-0.2, 0) is 4.79 Å². The zero-order valence-electron chi connectivity index (χ0n) is 13.5. The monoisotopic (exact) mass is 331 g/mol. The van der Waals surface area contributed by atoms with Crippen molar-refractivity contribution in [3.05, 3.63) is 53.2 Å². The first kappa shape index (κ1) is 16.2. The molecule has 1 N–H and O–H groups in total. The number of amides is 2. The number of aromatic nitrogens is 1. The van der Waals surface area contributed by atoms with E-state index in [2.05, 4.69) is 10.5 Å². The molecule has 3 rings (SSSR count). The van der Waals surface area contributed by atoms with E-state index >= 15 is 0 Å². The van der Waals surface area contributed by atoms with Gasteiger partial charge in [0.05, 0.1) is 5.69 Å². The fourth-order valence-electron chi connectivity index (χ4n) is 2.67. The Balaban J connectivity index is 1.91. The first-order valence-electron chi connectivity index (χ1n) is 7.78. The lowest BCUT2D eigenvalue weighted by Crippen LogP contribution is -2.52. The Bertz CT molecular complexity index is 755. The Kier molecular flexibility index (Phi) is 4.33. The molecule has 1 aliphatic heterocycles. The topological polar surface area (TPSA) is 75.4 Å². The molecule has 2 heterocycles. The van der Waals surface area contributed by atoms with Gasteiger partial charge in [-0.15, -0.1) is 0 Å². The van der Waals surface area contributed by atoms with E-state index in [9.17, 15) is 14.0 Å². The molecule has 7 heteroatoms. The van der Waals surface area contributed by atoms with Crippen LogP contribution in [0.25, 0.3) is 0 Å². The number of rotatable bonds is 3. The minimum absolute atomic E-state index is 0.0977. The smallest absolute Gasteiger partial charge is 0.293 e. The highest BCUT2D eigenvalue weighted by Crippen LogP contribution is 2.26. The molecule has 126 valence electrons. The maximum Gasteiger partial charge on any atom is 0.293 e. The van der Waals surface area contributed by atoms with Crippen LogP contribution in [0.1, 0.15) is 47.6 Å². The third-order valence-corrected chi connectivity index (χ3v) is 3.99. The lowest BCUT2D eigenvalue weighted by Gasteiger charge is -2.34. The first-order chi connectivity index (χ1) is 11.5. The highest BCUT2D eigenvalue weighted by molar-refractivity contribution is 5.96. The summed E-state index contributed by atoms with van der Waals surface area (Å²) in [6, 6.07) is 6.33. The fraction of sp³-hybridized carbons (Fsp3) is 0.353. The molecule has 6 nitrogen and oxygen atoms in total. The molecule has 0 aliphatic carbocycles. The first-order valence-corrected chi connectivity index (χ1v) is 7.78. The van der Waals surface area contributed by atoms with Gasteiger partial charge in [-0.1, -0.05) is 31.1 Å². The number of nitrogens with one attached hydrogen (secondary N) is 1. The van der Waals surface area contributed by atoms with E-state index in [1.54, 1.807) is 6.07 Å². The molecular weight excluding hydrogens is 313 g/mol. The van der Waals surface area contributed by atoms with Gasteiger partial charge in [0.25, 0.3) is 5.91 Å². The van der Waals surface area contributed by atoms with Crippen molar-refractivity contribution in [2.45, 2.75) is 25.8 Å². The van der Waals surface area contributed by atoms with Crippen molar-refractivity contribution in [1.29, 1.82) is 0 Å². The number of carbonyl (C=O) groups excluding carboxylic acids is 2. The third-order valence-electron chi connectivity index (χ3n) is 3.99. The molecule has 1 atom stereocenters. The fourth-order valence-corrected chi connectivity index (χ4v) is 2.67. The van der Waals surface area contributed by atoms with Crippen LogP contribution in [0.15, 0.2) is 34.9 Å². The highest BCUT2D eigenvalue weighted by Gasteiger charge is 2.36. The van der Waals surface area contributed by atoms with Crippen molar-refractivity contribution >= 4 is 11.8 Å². The van der Waals surface area contributed by atoms with E-state index in [4.69, 9.17) is 4.52 Å². The van der Waals surface area contributed by atoms with Gasteiger partial charge in [-0.3, -0.25) is 9.59 Å². The summed E-state index contributed by atoms with van der Waals surface area (Å²) in [6.07, 6.45) is 0. The molecule has 1 aliphatic rings. The summed E-state index contributed by atoms with van der Waals surface area (Å²) >= 11 is 0. The molecule has 0 saturated carbocycles. The van der Waals surface area contributed by atoms with Crippen LogP contribution in [-0.4, -0.2) is 35.0 Å². The van der Waals surface area contributed by atoms with Crippen LogP contribution in [0.5, 0.6) is 0 Å². The molecule has 0 radical (unpaired) electrons. The number of nitrogens with zero attached hydrogens (tertiary/aromatic N) is 2. The molecule has 1 fully saturated rings. The van der Waals surface area contributed by atoms with Crippen LogP contribution in [0.4, 0.5) is 4.39 Å². The Morgan fingerprint density at radius 2 is 2.08 bits per heavy atom. The molecule has 2 amide bonds. The van der Waals surface area contributed by atoms with Crippen molar-refractivity contribution in [3.8, 4) is 0 Å². The Labute approximate surface area is 138 Å². The normalized spacial score (nSPS) is 17.9. The van der Waals surface area contributed by atoms with Gasteiger partial charge in [0.15, 0.2) is 0 Å². The Morgan fingerprint density at radius 3 is 2.71 bits per heavy atom. The van der Waals surface area contributed by atoms with Crippen LogP contribution >= 0.6 is 0 Å². The van der Waals surface area contributed by atoms with E-state index < -0.39 is 17.8 Å². The van der Waals surface area contributed by atoms with Gasteiger partial charge in [-0.25, -0.2) is 4.39 Å². The van der Waals surface area contributed by atoms with Gasteiger partial charge in [-0.2, -0.15) is 0 Å². The predicted octanol–water partition coefficient (Wildman–Crippen LogP) is 2.25. The van der Waals surface area contributed by atoms with Crippen molar-refractivity contribution in [1.82, 2.24) is 15.4 Å². The van der Waals surface area contributed by atoms with E-state index in [1.165, 1.54) is 29.2 Å². The van der Waals surface area contributed by atoms with Gasteiger partial charge < -0.3 is 14.7 Å². The molecule has 24 heavy (non-hydrogen) atoms. The quantitative estimate of drug-likeness (QED) is 0.936. The van der Waals surface area contributed by atoms with Gasteiger partial charge in [0.1, 0.15) is 11.9 Å². The van der Waals surface area contributed by atoms with E-state index in [1.807, 2.05) is 13.8 Å². The number of piperazine rings is 1. The zero-order chi connectivity index (χ0) is 17.3. The molecule has 1 aromatic carbocycles. The largest absolute Gasteiger partial charge is 0.352 e. The van der Waals surface area contributed by atoms with Crippen LogP contribution < -0.4 is 5.32 Å². The SMILES string of the molecule is CC(C)c1cc(C(=O)N2CCNC(=O)[C@@H]2c2ccc(F)cc2)on1. The summed E-state index contributed by atoms with van der Waals surface area (Å²) in [5.74, 6) is -0.874. The summed E-state index contributed by atoms with van der Waals surface area (Å²) in [4.78, 5) is 26.5. The number of carbonyl (C=O) groups is 2. The molecule has 2 aromatic rings. The minimum atomic E-state index is -0.820. The Morgan fingerprint density at radius 1 is 1.38 bits per heavy atom. The highest BCUT2D eigenvalue weighted by atomic mass is 19.1. The molecule has 1 saturated heterocycles. The van der Waals surface area contributed by atoms with Gasteiger partial charge >= 0.3 is 0 Å². The van der Waals surface area contributed by atoms with Crippen LogP contribution in [0.2, 0.25) is 0 Å². The summed E-state index contributed by atoms with van der Waals surface area (Å²) < 4.78 is 18.3. The van der Waals surface area contributed by atoms with Crippen LogP contribution in [0.3, 0.4) is 0 Å². The second-order valence-electron chi connectivity index (χ2n) is 6.01. The van der Waals surface area contributed by atoms with E-state index in [0.29, 0.717) is 24.3 Å². The molecule has 0 spiro atoms. The van der Waals surface area contributed by atoms with Gasteiger partial charge in [-0.05, 0) is 23.6 Å². The van der Waals surface area contributed by atoms with Crippen LogP contribution in [0, 0.1) is 5.82 Å². The molecule has 1 aromatic heterocycles. The minimum Gasteiger partial charge on any atom is -0.352 e. The number of hydrogen-bond acceptors (Lipinski definition) is 4. The lowest BCUT2D eigenvalue weighted by atomic mass is 10.0. The molecule has 0 unspecified atom stereocenters. The number of hydrogen-bond donors (Lipinski definition) is 1. The maximum atomic E-state index is 13.1. The van der Waals surface area contributed by atoms with Crippen molar-refractivity contribution in [2.75, 3.05) is 13.1 Å². The Hall–Kier alpha value is -2.70. The van der Waals surface area contributed by atoms with Crippen molar-refractivity contribution in [3.63, 3.8) is 0 Å². The summed E-state index contributed by atoms with van der Waals surface area (Å²) in [7, 11) is 0. The third kappa shape index (κ3) is 3.02. The number of benzene rings is 1. The van der Waals surface area contributed by atoms with Gasteiger partial charge in [0.2, 0.25) is 11.7 Å².